The molecular weight excluding hydrogens is 216 g/mol. The van der Waals surface area contributed by atoms with Crippen LogP contribution in [0.1, 0.15) is 5.56 Å². The summed E-state index contributed by atoms with van der Waals surface area (Å²) < 4.78 is 25.3. The third-order valence-electron chi connectivity index (χ3n) is 2.71. The molecule has 0 saturated carbocycles. The lowest BCUT2D eigenvalue weighted by atomic mass is 10.2. The molecule has 0 bridgehead atoms. The number of hydrogen-bond donors (Lipinski definition) is 1. The Bertz CT molecular complexity index is 565. The number of nitrogens with one attached hydrogen (secondary N) is 1. The largest absolute Gasteiger partial charge is 0.335 e. The molecule has 1 aromatic rings. The molecule has 2 amide bonds. The number of para-hydroxylation sites is 1. The van der Waals surface area contributed by atoms with Gasteiger partial charge < -0.3 is 0 Å². The van der Waals surface area contributed by atoms with Crippen LogP contribution in [0.3, 0.4) is 0 Å². The van der Waals surface area contributed by atoms with Gasteiger partial charge in [-0.05, 0) is 18.1 Å². The number of carbonyl (C=O) groups is 1. The first-order valence-corrected chi connectivity index (χ1v) is 6.04. The van der Waals surface area contributed by atoms with Crippen molar-refractivity contribution in [3.63, 3.8) is 0 Å². The molecule has 5 nitrogen and oxygen atoms in total. The van der Waals surface area contributed by atoms with Gasteiger partial charge in [-0.25, -0.2) is 17.9 Å². The highest BCUT2D eigenvalue weighted by molar-refractivity contribution is 7.90. The van der Waals surface area contributed by atoms with E-state index in [1.165, 1.54) is 11.0 Å². The van der Waals surface area contributed by atoms with Crippen molar-refractivity contribution in [3.05, 3.63) is 23.8 Å². The lowest BCUT2D eigenvalue weighted by Crippen LogP contribution is -2.46. The van der Waals surface area contributed by atoms with Crippen LogP contribution in [0.2, 0.25) is 0 Å². The number of carbonyl (C=O) groups excluding carboxylic acids is 1. The van der Waals surface area contributed by atoms with Crippen molar-refractivity contribution < 1.29 is 13.2 Å². The zero-order valence-electron chi connectivity index (χ0n) is 7.73. The van der Waals surface area contributed by atoms with Crippen molar-refractivity contribution in [1.29, 1.82) is 0 Å². The van der Waals surface area contributed by atoms with Crippen LogP contribution in [0.5, 0.6) is 0 Å². The summed E-state index contributed by atoms with van der Waals surface area (Å²) in [6, 6.07) is 4.53. The number of nitrogens with zero attached hydrogens (tertiary/aromatic N) is 1. The summed E-state index contributed by atoms with van der Waals surface area (Å²) in [7, 11) is -3.65. The van der Waals surface area contributed by atoms with Crippen molar-refractivity contribution >= 4 is 21.7 Å². The average Bonchev–Trinajstić information content (AvgIpc) is 2.58. The van der Waals surface area contributed by atoms with E-state index < -0.39 is 16.1 Å². The lowest BCUT2D eigenvalue weighted by Gasteiger charge is -2.25. The Hall–Kier alpha value is -1.56. The molecule has 0 aromatic heterocycles. The molecule has 0 unspecified atom stereocenters. The summed E-state index contributed by atoms with van der Waals surface area (Å²) in [6.07, 6.45) is 0.714. The maximum Gasteiger partial charge on any atom is 0.335 e. The van der Waals surface area contributed by atoms with Crippen LogP contribution in [-0.2, 0) is 16.4 Å². The van der Waals surface area contributed by atoms with Gasteiger partial charge in [0.25, 0.3) is 10.0 Å². The number of hydrogen-bond acceptors (Lipinski definition) is 3. The predicted octanol–water partition coefficient (Wildman–Crippen LogP) is 0.461. The summed E-state index contributed by atoms with van der Waals surface area (Å²) >= 11 is 0. The molecule has 15 heavy (non-hydrogen) atoms. The summed E-state index contributed by atoms with van der Waals surface area (Å²) in [4.78, 5) is 13.2. The third kappa shape index (κ3) is 1.02. The Kier molecular flexibility index (Phi) is 1.46. The van der Waals surface area contributed by atoms with E-state index in [4.69, 9.17) is 0 Å². The predicted molar refractivity (Wildman–Crippen MR) is 53.2 cm³/mol. The number of amides is 2. The summed E-state index contributed by atoms with van der Waals surface area (Å²) in [5.74, 6) is 0. The standard InChI is InChI=1S/C9H8N2O3S/c12-9-10-15(13,14)7-3-1-2-6-4-5-11(9)8(6)7/h1-3H,4-5H2,(H,10,12). The van der Waals surface area contributed by atoms with Crippen LogP contribution in [-0.4, -0.2) is 21.0 Å². The van der Waals surface area contributed by atoms with Crippen LogP contribution < -0.4 is 9.62 Å². The quantitative estimate of drug-likeness (QED) is 0.696. The highest BCUT2D eigenvalue weighted by atomic mass is 32.2. The molecule has 2 aliphatic heterocycles. The van der Waals surface area contributed by atoms with Gasteiger partial charge in [-0.2, -0.15) is 0 Å². The molecule has 0 spiro atoms. The number of rotatable bonds is 0. The van der Waals surface area contributed by atoms with Crippen molar-refractivity contribution in [2.24, 2.45) is 0 Å². The summed E-state index contributed by atoms with van der Waals surface area (Å²) in [5.41, 5.74) is 1.48. The minimum Gasteiger partial charge on any atom is -0.292 e. The molecule has 2 aliphatic rings. The lowest BCUT2D eigenvalue weighted by molar-refractivity contribution is 0.251. The number of benzene rings is 1. The van der Waals surface area contributed by atoms with Crippen molar-refractivity contribution in [2.75, 3.05) is 11.4 Å². The molecule has 3 rings (SSSR count). The molecule has 6 heteroatoms. The minimum atomic E-state index is -3.65. The molecule has 78 valence electrons. The molecule has 2 heterocycles. The van der Waals surface area contributed by atoms with E-state index in [2.05, 4.69) is 0 Å². The van der Waals surface area contributed by atoms with E-state index in [0.717, 1.165) is 5.56 Å². The van der Waals surface area contributed by atoms with E-state index in [0.29, 0.717) is 18.7 Å². The maximum atomic E-state index is 11.7. The van der Waals surface area contributed by atoms with Gasteiger partial charge in [0.1, 0.15) is 4.90 Å². The van der Waals surface area contributed by atoms with Gasteiger partial charge in [-0.1, -0.05) is 12.1 Å². The van der Waals surface area contributed by atoms with Gasteiger partial charge in [-0.3, -0.25) is 4.90 Å². The highest BCUT2D eigenvalue weighted by Gasteiger charge is 2.38. The SMILES string of the molecule is O=C1NS(=O)(=O)c2cccc3c2N1CC3. The second kappa shape index (κ2) is 2.52. The zero-order chi connectivity index (χ0) is 10.6. The van der Waals surface area contributed by atoms with Gasteiger partial charge in [0.15, 0.2) is 0 Å². The van der Waals surface area contributed by atoms with Crippen molar-refractivity contribution in [2.45, 2.75) is 11.3 Å². The first-order valence-electron chi connectivity index (χ1n) is 4.56. The monoisotopic (exact) mass is 224 g/mol. The molecule has 0 saturated heterocycles. The molecule has 0 atom stereocenters. The van der Waals surface area contributed by atoms with Gasteiger partial charge >= 0.3 is 6.03 Å². The average molecular weight is 224 g/mol. The fourth-order valence-corrected chi connectivity index (χ4v) is 3.27. The Balaban J connectivity index is 2.39. The van der Waals surface area contributed by atoms with Gasteiger partial charge in [0.05, 0.1) is 5.69 Å². The van der Waals surface area contributed by atoms with E-state index in [1.54, 1.807) is 6.07 Å². The van der Waals surface area contributed by atoms with Crippen LogP contribution in [0.15, 0.2) is 23.1 Å². The molecular formula is C9H8N2O3S. The molecule has 0 radical (unpaired) electrons. The number of sulfonamides is 1. The van der Waals surface area contributed by atoms with E-state index in [-0.39, 0.29) is 4.90 Å². The fourth-order valence-electron chi connectivity index (χ4n) is 2.06. The fraction of sp³-hybridized carbons (Fsp3) is 0.222. The number of anilines is 1. The molecule has 1 aromatic carbocycles. The van der Waals surface area contributed by atoms with Crippen molar-refractivity contribution in [3.8, 4) is 0 Å². The Morgan fingerprint density at radius 3 is 2.93 bits per heavy atom. The molecule has 0 fully saturated rings. The first-order chi connectivity index (χ1) is 7.09. The van der Waals surface area contributed by atoms with Crippen molar-refractivity contribution in [1.82, 2.24) is 4.72 Å². The molecule has 1 N–H and O–H groups in total. The first kappa shape index (κ1) is 8.72. The highest BCUT2D eigenvalue weighted by Crippen LogP contribution is 2.37. The van der Waals surface area contributed by atoms with Crippen LogP contribution in [0, 0.1) is 0 Å². The van der Waals surface area contributed by atoms with Gasteiger partial charge in [0, 0.05) is 6.54 Å². The smallest absolute Gasteiger partial charge is 0.292 e. The Labute approximate surface area is 86.7 Å². The third-order valence-corrected chi connectivity index (χ3v) is 4.07. The molecule has 0 aliphatic carbocycles. The number of urea groups is 1. The summed E-state index contributed by atoms with van der Waals surface area (Å²) in [5, 5.41) is 0. The van der Waals surface area contributed by atoms with E-state index in [1.807, 2.05) is 10.8 Å². The van der Waals surface area contributed by atoms with E-state index in [9.17, 15) is 13.2 Å². The van der Waals surface area contributed by atoms with Gasteiger partial charge in [-0.15, -0.1) is 0 Å². The zero-order valence-corrected chi connectivity index (χ0v) is 8.54. The normalized spacial score (nSPS) is 21.1. The Morgan fingerprint density at radius 2 is 2.13 bits per heavy atom. The second-order valence-electron chi connectivity index (χ2n) is 3.58. The van der Waals surface area contributed by atoms with Crippen LogP contribution in [0.4, 0.5) is 10.5 Å². The Morgan fingerprint density at radius 1 is 1.33 bits per heavy atom. The van der Waals surface area contributed by atoms with Crippen LogP contribution >= 0.6 is 0 Å². The summed E-state index contributed by atoms with van der Waals surface area (Å²) in [6.45, 7) is 0.549. The second-order valence-corrected chi connectivity index (χ2v) is 5.23. The van der Waals surface area contributed by atoms with E-state index >= 15 is 0 Å². The van der Waals surface area contributed by atoms with Gasteiger partial charge in [0.2, 0.25) is 0 Å². The topological polar surface area (TPSA) is 66.5 Å². The minimum absolute atomic E-state index is 0.206. The van der Waals surface area contributed by atoms with Crippen LogP contribution in [0.25, 0.3) is 0 Å². The maximum absolute atomic E-state index is 11.7.